The number of aromatic nitrogens is 3. The van der Waals surface area contributed by atoms with Crippen LogP contribution in [0.1, 0.15) is 0 Å². The standard InChI is InChI=1S/C13H14FN5/c14-11-12(10-2-1-3-16-8-10)17-9-18-13(11)19-6-4-15-5-7-19/h1-3,8-9,15H,4-7H2. The van der Waals surface area contributed by atoms with Gasteiger partial charge in [-0.3, -0.25) is 4.98 Å². The zero-order chi connectivity index (χ0) is 13.1. The summed E-state index contributed by atoms with van der Waals surface area (Å²) in [6.45, 7) is 3.18. The van der Waals surface area contributed by atoms with Crippen LogP contribution in [0.4, 0.5) is 10.2 Å². The molecule has 1 aliphatic heterocycles. The van der Waals surface area contributed by atoms with Crippen molar-refractivity contribution in [3.63, 3.8) is 0 Å². The number of nitrogens with one attached hydrogen (secondary N) is 1. The van der Waals surface area contributed by atoms with E-state index < -0.39 is 0 Å². The van der Waals surface area contributed by atoms with E-state index in [1.54, 1.807) is 24.5 Å². The van der Waals surface area contributed by atoms with Crippen LogP contribution in [0.15, 0.2) is 30.9 Å². The van der Waals surface area contributed by atoms with Gasteiger partial charge in [0.1, 0.15) is 12.0 Å². The van der Waals surface area contributed by atoms with Crippen molar-refractivity contribution in [2.45, 2.75) is 0 Å². The maximum atomic E-state index is 14.5. The zero-order valence-electron chi connectivity index (χ0n) is 10.4. The quantitative estimate of drug-likeness (QED) is 0.875. The van der Waals surface area contributed by atoms with Crippen LogP contribution in [0.5, 0.6) is 0 Å². The minimum atomic E-state index is -0.377. The molecule has 0 radical (unpaired) electrons. The number of nitrogens with zero attached hydrogens (tertiary/aromatic N) is 4. The fourth-order valence-corrected chi connectivity index (χ4v) is 2.16. The lowest BCUT2D eigenvalue weighted by Gasteiger charge is -2.28. The van der Waals surface area contributed by atoms with Crippen molar-refractivity contribution in [2.24, 2.45) is 0 Å². The van der Waals surface area contributed by atoms with Crippen LogP contribution >= 0.6 is 0 Å². The van der Waals surface area contributed by atoms with E-state index in [1.165, 1.54) is 6.33 Å². The molecule has 5 nitrogen and oxygen atoms in total. The lowest BCUT2D eigenvalue weighted by Crippen LogP contribution is -2.44. The first-order chi connectivity index (χ1) is 9.36. The third-order valence-corrected chi connectivity index (χ3v) is 3.12. The molecule has 0 atom stereocenters. The van der Waals surface area contributed by atoms with Gasteiger partial charge in [-0.15, -0.1) is 0 Å². The van der Waals surface area contributed by atoms with E-state index in [4.69, 9.17) is 0 Å². The van der Waals surface area contributed by atoms with Gasteiger partial charge in [-0.05, 0) is 12.1 Å². The highest BCUT2D eigenvalue weighted by Gasteiger charge is 2.19. The summed E-state index contributed by atoms with van der Waals surface area (Å²) in [7, 11) is 0. The first-order valence-corrected chi connectivity index (χ1v) is 6.23. The van der Waals surface area contributed by atoms with E-state index in [0.29, 0.717) is 17.1 Å². The summed E-state index contributed by atoms with van der Waals surface area (Å²) >= 11 is 0. The Morgan fingerprint density at radius 3 is 2.79 bits per heavy atom. The fourth-order valence-electron chi connectivity index (χ4n) is 2.16. The summed E-state index contributed by atoms with van der Waals surface area (Å²) in [6.07, 6.45) is 4.66. The van der Waals surface area contributed by atoms with Gasteiger partial charge in [0.05, 0.1) is 0 Å². The van der Waals surface area contributed by atoms with Gasteiger partial charge in [0, 0.05) is 44.1 Å². The second-order valence-corrected chi connectivity index (χ2v) is 4.34. The average molecular weight is 259 g/mol. The summed E-state index contributed by atoms with van der Waals surface area (Å²) in [5.74, 6) is -0.00671. The van der Waals surface area contributed by atoms with Gasteiger partial charge in [-0.25, -0.2) is 14.4 Å². The molecule has 1 saturated heterocycles. The lowest BCUT2D eigenvalue weighted by molar-refractivity contribution is 0.557. The van der Waals surface area contributed by atoms with Crippen LogP contribution in [0.25, 0.3) is 11.3 Å². The summed E-state index contributed by atoms with van der Waals surface area (Å²) in [5.41, 5.74) is 0.968. The molecule has 0 spiro atoms. The summed E-state index contributed by atoms with van der Waals surface area (Å²) in [4.78, 5) is 14.0. The zero-order valence-corrected chi connectivity index (χ0v) is 10.4. The third kappa shape index (κ3) is 2.39. The van der Waals surface area contributed by atoms with Crippen molar-refractivity contribution in [3.8, 4) is 11.3 Å². The number of rotatable bonds is 2. The predicted molar refractivity (Wildman–Crippen MR) is 70.3 cm³/mol. The Labute approximate surface area is 110 Å². The molecule has 2 aromatic heterocycles. The highest BCUT2D eigenvalue weighted by Crippen LogP contribution is 2.25. The van der Waals surface area contributed by atoms with E-state index in [2.05, 4.69) is 20.3 Å². The van der Waals surface area contributed by atoms with Crippen molar-refractivity contribution in [3.05, 3.63) is 36.7 Å². The smallest absolute Gasteiger partial charge is 0.191 e. The molecule has 0 aromatic carbocycles. The number of piperazine rings is 1. The predicted octanol–water partition coefficient (Wildman–Crippen LogP) is 1.09. The van der Waals surface area contributed by atoms with Crippen LogP contribution < -0.4 is 10.2 Å². The summed E-state index contributed by atoms with van der Waals surface area (Å²) in [5, 5.41) is 3.23. The van der Waals surface area contributed by atoms with E-state index in [0.717, 1.165) is 26.2 Å². The molecule has 0 unspecified atom stereocenters. The first kappa shape index (κ1) is 12.0. The van der Waals surface area contributed by atoms with Crippen LogP contribution in [0.3, 0.4) is 0 Å². The molecule has 2 aromatic rings. The molecule has 3 heterocycles. The highest BCUT2D eigenvalue weighted by atomic mass is 19.1. The average Bonchev–Trinajstić information content (AvgIpc) is 2.49. The molecule has 6 heteroatoms. The van der Waals surface area contributed by atoms with Crippen LogP contribution in [-0.4, -0.2) is 41.1 Å². The van der Waals surface area contributed by atoms with Crippen molar-refractivity contribution in [1.82, 2.24) is 20.3 Å². The Bertz CT molecular complexity index is 554. The van der Waals surface area contributed by atoms with Gasteiger partial charge >= 0.3 is 0 Å². The highest BCUT2D eigenvalue weighted by molar-refractivity contribution is 5.62. The minimum absolute atomic E-state index is 0.302. The van der Waals surface area contributed by atoms with Gasteiger partial charge in [-0.1, -0.05) is 0 Å². The second-order valence-electron chi connectivity index (χ2n) is 4.34. The molecule has 0 saturated carbocycles. The van der Waals surface area contributed by atoms with Gasteiger partial charge in [0.2, 0.25) is 0 Å². The van der Waals surface area contributed by atoms with Crippen molar-refractivity contribution in [2.75, 3.05) is 31.1 Å². The number of pyridine rings is 1. The van der Waals surface area contributed by atoms with Gasteiger partial charge < -0.3 is 10.2 Å². The molecule has 0 aliphatic carbocycles. The molecular formula is C13H14FN5. The van der Waals surface area contributed by atoms with Crippen molar-refractivity contribution < 1.29 is 4.39 Å². The van der Waals surface area contributed by atoms with Gasteiger partial charge in [0.15, 0.2) is 11.6 Å². The monoisotopic (exact) mass is 259 g/mol. The second kappa shape index (κ2) is 5.27. The van der Waals surface area contributed by atoms with Crippen molar-refractivity contribution in [1.29, 1.82) is 0 Å². The topological polar surface area (TPSA) is 53.9 Å². The van der Waals surface area contributed by atoms with Crippen molar-refractivity contribution >= 4 is 5.82 Å². The Morgan fingerprint density at radius 1 is 1.21 bits per heavy atom. The lowest BCUT2D eigenvalue weighted by atomic mass is 10.2. The fraction of sp³-hybridized carbons (Fsp3) is 0.308. The van der Waals surface area contributed by atoms with Crippen LogP contribution in [0, 0.1) is 5.82 Å². The molecule has 1 fully saturated rings. The molecular weight excluding hydrogens is 245 g/mol. The van der Waals surface area contributed by atoms with E-state index in [9.17, 15) is 4.39 Å². The number of halogens is 1. The van der Waals surface area contributed by atoms with E-state index >= 15 is 0 Å². The molecule has 1 N–H and O–H groups in total. The Morgan fingerprint density at radius 2 is 2.05 bits per heavy atom. The third-order valence-electron chi connectivity index (χ3n) is 3.12. The molecule has 98 valence electrons. The SMILES string of the molecule is Fc1c(-c2cccnc2)ncnc1N1CCNCC1. The molecule has 19 heavy (non-hydrogen) atoms. The molecule has 3 rings (SSSR count). The first-order valence-electron chi connectivity index (χ1n) is 6.23. The number of anilines is 1. The molecule has 1 aliphatic rings. The van der Waals surface area contributed by atoms with E-state index in [-0.39, 0.29) is 5.82 Å². The normalized spacial score (nSPS) is 15.5. The summed E-state index contributed by atoms with van der Waals surface area (Å²) in [6, 6.07) is 3.56. The minimum Gasteiger partial charge on any atom is -0.352 e. The number of hydrogen-bond donors (Lipinski definition) is 1. The summed E-state index contributed by atoms with van der Waals surface area (Å²) < 4.78 is 14.5. The maximum absolute atomic E-state index is 14.5. The Kier molecular flexibility index (Phi) is 3.33. The number of hydrogen-bond acceptors (Lipinski definition) is 5. The van der Waals surface area contributed by atoms with Gasteiger partial charge in [0.25, 0.3) is 0 Å². The maximum Gasteiger partial charge on any atom is 0.191 e. The Hall–Kier alpha value is -2.08. The van der Waals surface area contributed by atoms with E-state index in [1.807, 2.05) is 4.90 Å². The van der Waals surface area contributed by atoms with Crippen LogP contribution in [0.2, 0.25) is 0 Å². The Balaban J connectivity index is 1.99. The van der Waals surface area contributed by atoms with Crippen LogP contribution in [-0.2, 0) is 0 Å². The van der Waals surface area contributed by atoms with Gasteiger partial charge in [-0.2, -0.15) is 0 Å². The molecule has 0 amide bonds. The largest absolute Gasteiger partial charge is 0.352 e. The molecule has 0 bridgehead atoms.